The summed E-state index contributed by atoms with van der Waals surface area (Å²) in [6.45, 7) is 11.6. The molecular weight excluding hydrogens is 574 g/mol. The number of aryl methyl sites for hydroxylation is 1. The van der Waals surface area contributed by atoms with Crippen LogP contribution in [0.2, 0.25) is 0 Å². The fourth-order valence-electron chi connectivity index (χ4n) is 4.49. The van der Waals surface area contributed by atoms with Crippen LogP contribution in [0, 0.1) is 6.57 Å². The average Bonchev–Trinajstić information content (AvgIpc) is 3.31. The molecule has 1 N–H and O–H groups in total. The molecule has 12 nitrogen and oxygen atoms in total. The first-order valence-corrected chi connectivity index (χ1v) is 15.9. The minimum absolute atomic E-state index is 0.108. The molecule has 0 spiro atoms. The van der Waals surface area contributed by atoms with E-state index in [2.05, 4.69) is 24.9 Å². The monoisotopic (exact) mass is 600 g/mol. The number of fused-ring (bicyclic) bond motifs is 1. The zero-order chi connectivity index (χ0) is 28.3. The summed E-state index contributed by atoms with van der Waals surface area (Å²) in [5.74, 6) is 0. The quantitative estimate of drug-likeness (QED) is 0.390. The van der Waals surface area contributed by atoms with Crippen LogP contribution in [0.25, 0.3) is 26.4 Å². The molecule has 1 aliphatic heterocycles. The van der Waals surface area contributed by atoms with E-state index in [0.717, 1.165) is 0 Å². The van der Waals surface area contributed by atoms with Crippen molar-refractivity contribution in [2.75, 3.05) is 31.1 Å². The van der Waals surface area contributed by atoms with Gasteiger partial charge in [0.2, 0.25) is 20.0 Å². The molecule has 1 aliphatic carbocycles. The maximum Gasteiger partial charge on any atom is 0.299 e. The Kier molecular flexibility index (Phi) is 6.91. The van der Waals surface area contributed by atoms with Crippen molar-refractivity contribution in [2.24, 2.45) is 7.05 Å². The van der Waals surface area contributed by atoms with Crippen LogP contribution in [0.15, 0.2) is 17.0 Å². The predicted molar refractivity (Wildman–Crippen MR) is 141 cm³/mol. The van der Waals surface area contributed by atoms with Crippen LogP contribution in [0.4, 0.5) is 14.5 Å². The number of hydrogen-bond donors (Lipinski definition) is 1. The van der Waals surface area contributed by atoms with Gasteiger partial charge in [-0.3, -0.25) is 9.53 Å². The van der Waals surface area contributed by atoms with Crippen LogP contribution in [0.1, 0.15) is 38.1 Å². The molecule has 2 aliphatic rings. The van der Waals surface area contributed by atoms with Gasteiger partial charge in [0.15, 0.2) is 10.0 Å². The van der Waals surface area contributed by atoms with E-state index in [1.165, 1.54) is 21.1 Å². The van der Waals surface area contributed by atoms with E-state index in [1.807, 2.05) is 4.90 Å². The lowest BCUT2D eigenvalue weighted by molar-refractivity contribution is 0.150. The Morgan fingerprint density at radius 2 is 1.77 bits per heavy atom. The van der Waals surface area contributed by atoms with Gasteiger partial charge in [-0.1, -0.05) is 11.3 Å². The van der Waals surface area contributed by atoms with Crippen molar-refractivity contribution < 1.29 is 25.6 Å². The zero-order valence-electron chi connectivity index (χ0n) is 21.3. The molecule has 210 valence electrons. The molecule has 2 aromatic heterocycles. The second-order valence-corrected chi connectivity index (χ2v) is 15.0. The second-order valence-electron chi connectivity index (χ2n) is 9.79. The molecule has 0 radical (unpaired) electrons. The second kappa shape index (κ2) is 9.70. The van der Waals surface area contributed by atoms with Crippen LogP contribution in [0.3, 0.4) is 0 Å². The van der Waals surface area contributed by atoms with Gasteiger partial charge in [-0.25, -0.2) is 32.2 Å². The van der Waals surface area contributed by atoms with Crippen molar-refractivity contribution in [2.45, 2.75) is 48.9 Å². The Bertz CT molecular complexity index is 1680. The van der Waals surface area contributed by atoms with Gasteiger partial charge in [-0.05, 0) is 26.0 Å². The Morgan fingerprint density at radius 3 is 2.31 bits per heavy atom. The van der Waals surface area contributed by atoms with E-state index in [-0.39, 0.29) is 28.7 Å². The number of aromatic nitrogens is 4. The lowest BCUT2D eigenvalue weighted by Gasteiger charge is -2.36. The molecule has 2 fully saturated rings. The van der Waals surface area contributed by atoms with E-state index >= 15 is 0 Å². The van der Waals surface area contributed by atoms with Gasteiger partial charge >= 0.3 is 0 Å². The summed E-state index contributed by atoms with van der Waals surface area (Å²) in [7, 11) is -5.96. The molecule has 1 saturated heterocycles. The Balaban J connectivity index is 1.62. The Hall–Kier alpha value is -2.78. The number of nitrogens with zero attached hydrogens (tertiary/aromatic N) is 7. The van der Waals surface area contributed by atoms with Crippen LogP contribution in [-0.2, 0) is 27.1 Å². The highest BCUT2D eigenvalue weighted by molar-refractivity contribution is 7.89. The third kappa shape index (κ3) is 4.99. The number of anilines is 1. The predicted octanol–water partition coefficient (Wildman–Crippen LogP) is 2.58. The summed E-state index contributed by atoms with van der Waals surface area (Å²) in [5, 5.41) is 11.3. The van der Waals surface area contributed by atoms with Crippen LogP contribution >= 0.6 is 11.3 Å². The largest absolute Gasteiger partial charge is 0.367 e. The first-order valence-electron chi connectivity index (χ1n) is 12.1. The molecule has 0 bridgehead atoms. The van der Waals surface area contributed by atoms with Crippen LogP contribution in [-0.4, -0.2) is 78.2 Å². The van der Waals surface area contributed by atoms with Gasteiger partial charge < -0.3 is 4.90 Å². The van der Waals surface area contributed by atoms with Crippen LogP contribution in [0.5, 0.6) is 0 Å². The molecule has 17 heteroatoms. The Morgan fingerprint density at radius 1 is 1.10 bits per heavy atom. The summed E-state index contributed by atoms with van der Waals surface area (Å²) in [4.78, 5) is 5.19. The molecule has 0 atom stereocenters. The van der Waals surface area contributed by atoms with Gasteiger partial charge in [0.25, 0.3) is 12.1 Å². The molecule has 0 unspecified atom stereocenters. The number of rotatable bonds is 8. The van der Waals surface area contributed by atoms with Crippen molar-refractivity contribution in [1.82, 2.24) is 29.0 Å². The topological polar surface area (TPSA) is 135 Å². The number of nitrogens with one attached hydrogen (secondary N) is 1. The SMILES string of the molecule is [C-]#[N+]C1(NS(=O)(=O)c2cc(N3CCN(S(=O)(=O)C(C)C)CC3)c3c(c2)c(-c2nnc(C(F)F)s2)nn3C)CC1. The lowest BCUT2D eigenvalue weighted by atomic mass is 10.1. The van der Waals surface area contributed by atoms with E-state index in [0.29, 0.717) is 53.9 Å². The third-order valence-corrected chi connectivity index (χ3v) is 11.5. The van der Waals surface area contributed by atoms with E-state index in [9.17, 15) is 25.6 Å². The van der Waals surface area contributed by atoms with Crippen molar-refractivity contribution in [3.63, 3.8) is 0 Å². The summed E-state index contributed by atoms with van der Waals surface area (Å²) in [6.07, 6.45) is -2.02. The smallest absolute Gasteiger partial charge is 0.299 e. The minimum Gasteiger partial charge on any atom is -0.367 e. The van der Waals surface area contributed by atoms with Crippen molar-refractivity contribution in [1.29, 1.82) is 0 Å². The summed E-state index contributed by atoms with van der Waals surface area (Å²) >= 11 is 0.666. The van der Waals surface area contributed by atoms with Gasteiger partial charge in [0.1, 0.15) is 5.69 Å². The highest BCUT2D eigenvalue weighted by atomic mass is 32.2. The highest BCUT2D eigenvalue weighted by Gasteiger charge is 2.54. The fourth-order valence-corrected chi connectivity index (χ4v) is 7.86. The van der Waals surface area contributed by atoms with E-state index < -0.39 is 42.4 Å². The van der Waals surface area contributed by atoms with Gasteiger partial charge in [-0.2, -0.15) is 9.40 Å². The molecule has 1 saturated carbocycles. The normalized spacial score (nSPS) is 18.3. The van der Waals surface area contributed by atoms with E-state index in [4.69, 9.17) is 6.57 Å². The maximum atomic E-state index is 13.4. The Labute approximate surface area is 228 Å². The summed E-state index contributed by atoms with van der Waals surface area (Å²) < 4.78 is 84.1. The van der Waals surface area contributed by atoms with Crippen molar-refractivity contribution in [3.8, 4) is 10.7 Å². The number of alkyl halides is 2. The maximum absolute atomic E-state index is 13.4. The number of piperazine rings is 1. The first-order chi connectivity index (χ1) is 18.3. The fraction of sp³-hybridized carbons (Fsp3) is 0.545. The third-order valence-electron chi connectivity index (χ3n) is 6.83. The number of halogens is 2. The van der Waals surface area contributed by atoms with Crippen LogP contribution < -0.4 is 9.62 Å². The summed E-state index contributed by atoms with van der Waals surface area (Å²) in [5.41, 5.74) is 0.0438. The number of sulfonamides is 2. The summed E-state index contributed by atoms with van der Waals surface area (Å²) in [6, 6.07) is 2.87. The standard InChI is InChI=1S/C22H26F2N8O4S3/c1-13(2)39(35,36)32-9-7-31(8-10-32)16-12-14(38(33,34)29-22(25-3)5-6-22)11-15-17(28-30(4)18(15)16)20-26-27-21(37-20)19(23)24/h11-13,19,29H,5-10H2,1-2,4H3. The lowest BCUT2D eigenvalue weighted by Crippen LogP contribution is -2.50. The van der Waals surface area contributed by atoms with Crippen molar-refractivity contribution >= 4 is 48.0 Å². The van der Waals surface area contributed by atoms with Gasteiger partial charge in [-0.15, -0.1) is 14.9 Å². The minimum atomic E-state index is -4.15. The molecular formula is C22H26F2N8O4S3. The number of hydrogen-bond acceptors (Lipinski definition) is 9. The molecule has 3 heterocycles. The molecule has 1 aromatic carbocycles. The van der Waals surface area contributed by atoms with Gasteiger partial charge in [0.05, 0.1) is 34.2 Å². The molecule has 0 amide bonds. The average molecular weight is 601 g/mol. The molecule has 5 rings (SSSR count). The zero-order valence-corrected chi connectivity index (χ0v) is 23.7. The van der Waals surface area contributed by atoms with E-state index in [1.54, 1.807) is 20.9 Å². The van der Waals surface area contributed by atoms with Gasteiger partial charge in [0, 0.05) is 38.6 Å². The highest BCUT2D eigenvalue weighted by Crippen LogP contribution is 2.41. The number of benzene rings is 1. The molecule has 39 heavy (non-hydrogen) atoms. The first kappa shape index (κ1) is 27.8. The molecule has 3 aromatic rings. The van der Waals surface area contributed by atoms with Crippen molar-refractivity contribution in [3.05, 3.63) is 28.6 Å².